The second kappa shape index (κ2) is 6.23. The van der Waals surface area contributed by atoms with Crippen LogP contribution in [0.3, 0.4) is 0 Å². The van der Waals surface area contributed by atoms with Gasteiger partial charge in [0, 0.05) is 6.54 Å². The Kier molecular flexibility index (Phi) is 4.94. The van der Waals surface area contributed by atoms with Crippen molar-refractivity contribution in [1.29, 1.82) is 0 Å². The van der Waals surface area contributed by atoms with E-state index in [2.05, 4.69) is 10.1 Å². The van der Waals surface area contributed by atoms with Crippen LogP contribution in [0.25, 0.3) is 0 Å². The van der Waals surface area contributed by atoms with Crippen molar-refractivity contribution in [2.75, 3.05) is 13.2 Å². The molecule has 0 aliphatic carbocycles. The fraction of sp³-hybridized carbons (Fsp3) is 0.364. The van der Waals surface area contributed by atoms with Gasteiger partial charge in [-0.3, -0.25) is 0 Å². The lowest BCUT2D eigenvalue weighted by Gasteiger charge is -2.09. The smallest absolute Gasteiger partial charge is 0.422 e. The van der Waals surface area contributed by atoms with Gasteiger partial charge in [0.25, 0.3) is 0 Å². The summed E-state index contributed by atoms with van der Waals surface area (Å²) in [5.74, 6) is -0.410. The largest absolute Gasteiger partial charge is 0.440 e. The Morgan fingerprint density at radius 2 is 2.06 bits per heavy atom. The van der Waals surface area contributed by atoms with Crippen LogP contribution in [0.5, 0.6) is 0 Å². The Morgan fingerprint density at radius 1 is 1.33 bits per heavy atom. The summed E-state index contributed by atoms with van der Waals surface area (Å²) < 4.78 is 51.8. The summed E-state index contributed by atoms with van der Waals surface area (Å²) in [5, 5.41) is 2.14. The van der Waals surface area contributed by atoms with E-state index in [1.165, 1.54) is 18.2 Å². The second-order valence-electron chi connectivity index (χ2n) is 3.50. The molecule has 100 valence electrons. The van der Waals surface area contributed by atoms with Crippen molar-refractivity contribution in [1.82, 2.24) is 5.32 Å². The number of alkyl halides is 3. The Hall–Kier alpha value is -1.79. The summed E-state index contributed by atoms with van der Waals surface area (Å²) in [6.07, 6.45) is -5.39. The molecule has 0 spiro atoms. The molecule has 1 rings (SSSR count). The average molecular weight is 265 g/mol. The second-order valence-corrected chi connectivity index (χ2v) is 3.50. The van der Waals surface area contributed by atoms with Crippen LogP contribution in [0.15, 0.2) is 24.3 Å². The zero-order valence-electron chi connectivity index (χ0n) is 9.26. The molecular formula is C11H11F4NO2. The van der Waals surface area contributed by atoms with Gasteiger partial charge in [0.2, 0.25) is 0 Å². The first-order valence-electron chi connectivity index (χ1n) is 5.08. The van der Waals surface area contributed by atoms with E-state index in [9.17, 15) is 22.4 Å². The fourth-order valence-corrected chi connectivity index (χ4v) is 1.20. The monoisotopic (exact) mass is 265 g/mol. The Labute approximate surface area is 101 Å². The summed E-state index contributed by atoms with van der Waals surface area (Å²) in [4.78, 5) is 10.8. The minimum absolute atomic E-state index is 0.0696. The van der Waals surface area contributed by atoms with Crippen LogP contribution in [0.2, 0.25) is 0 Å². The molecule has 0 atom stereocenters. The molecule has 0 aliphatic heterocycles. The molecule has 0 unspecified atom stereocenters. The minimum Gasteiger partial charge on any atom is -0.440 e. The number of rotatable bonds is 4. The molecule has 1 aromatic carbocycles. The van der Waals surface area contributed by atoms with E-state index in [0.717, 1.165) is 0 Å². The highest BCUT2D eigenvalue weighted by Gasteiger charge is 2.29. The average Bonchev–Trinajstić information content (AvgIpc) is 2.25. The van der Waals surface area contributed by atoms with Crippen molar-refractivity contribution in [3.63, 3.8) is 0 Å². The molecule has 7 heteroatoms. The van der Waals surface area contributed by atoms with Crippen molar-refractivity contribution in [2.45, 2.75) is 12.6 Å². The maximum absolute atomic E-state index is 12.8. The highest BCUT2D eigenvalue weighted by atomic mass is 19.4. The summed E-state index contributed by atoms with van der Waals surface area (Å²) in [7, 11) is 0. The lowest BCUT2D eigenvalue weighted by atomic mass is 10.1. The first-order chi connectivity index (χ1) is 8.37. The summed E-state index contributed by atoms with van der Waals surface area (Å²) in [6, 6.07) is 5.70. The third-order valence-electron chi connectivity index (χ3n) is 1.94. The highest BCUT2D eigenvalue weighted by molar-refractivity contribution is 5.67. The Morgan fingerprint density at radius 3 is 2.67 bits per heavy atom. The lowest BCUT2D eigenvalue weighted by molar-refractivity contribution is -0.160. The summed E-state index contributed by atoms with van der Waals surface area (Å²) in [5.41, 5.74) is 0.631. The van der Waals surface area contributed by atoms with Gasteiger partial charge in [0.15, 0.2) is 6.61 Å². The number of halogens is 4. The molecule has 1 aromatic rings. The third-order valence-corrected chi connectivity index (χ3v) is 1.94. The number of carbonyl (C=O) groups is 1. The summed E-state index contributed by atoms with van der Waals surface area (Å²) >= 11 is 0. The zero-order valence-corrected chi connectivity index (χ0v) is 9.26. The van der Waals surface area contributed by atoms with Gasteiger partial charge in [0.1, 0.15) is 5.82 Å². The van der Waals surface area contributed by atoms with Crippen molar-refractivity contribution < 1.29 is 27.1 Å². The van der Waals surface area contributed by atoms with E-state index in [0.29, 0.717) is 12.0 Å². The van der Waals surface area contributed by atoms with Crippen molar-refractivity contribution in [3.8, 4) is 0 Å². The standard InChI is InChI=1S/C11H11F4NO2/c12-9-3-1-2-8(6-9)4-5-16-10(17)18-7-11(13,14)15/h1-3,6H,4-5,7H2,(H,16,17). The molecule has 0 saturated carbocycles. The van der Waals surface area contributed by atoms with E-state index in [1.54, 1.807) is 6.07 Å². The van der Waals surface area contributed by atoms with Gasteiger partial charge >= 0.3 is 12.3 Å². The molecule has 0 aromatic heterocycles. The first kappa shape index (κ1) is 14.3. The van der Waals surface area contributed by atoms with Gasteiger partial charge < -0.3 is 10.1 Å². The molecule has 18 heavy (non-hydrogen) atoms. The SMILES string of the molecule is O=C(NCCc1cccc(F)c1)OCC(F)(F)F. The molecule has 0 aliphatic rings. The van der Waals surface area contributed by atoms with Crippen LogP contribution < -0.4 is 5.32 Å². The van der Waals surface area contributed by atoms with Crippen LogP contribution in [0.1, 0.15) is 5.56 Å². The maximum atomic E-state index is 12.8. The predicted octanol–water partition coefficient (Wildman–Crippen LogP) is 2.66. The topological polar surface area (TPSA) is 38.3 Å². The van der Waals surface area contributed by atoms with E-state index in [1.807, 2.05) is 0 Å². The molecule has 1 amide bonds. The molecular weight excluding hydrogens is 254 g/mol. The summed E-state index contributed by atoms with van der Waals surface area (Å²) in [6.45, 7) is -1.56. The number of hydrogen-bond acceptors (Lipinski definition) is 2. The number of nitrogens with one attached hydrogen (secondary N) is 1. The number of ether oxygens (including phenoxy) is 1. The van der Waals surface area contributed by atoms with Gasteiger partial charge in [-0.25, -0.2) is 9.18 Å². The quantitative estimate of drug-likeness (QED) is 0.850. The first-order valence-corrected chi connectivity index (χ1v) is 5.08. The van der Waals surface area contributed by atoms with Gasteiger partial charge in [-0.05, 0) is 24.1 Å². The van der Waals surface area contributed by atoms with Crippen LogP contribution >= 0.6 is 0 Å². The minimum atomic E-state index is -4.54. The molecule has 0 radical (unpaired) electrons. The van der Waals surface area contributed by atoms with E-state index in [-0.39, 0.29) is 6.54 Å². The predicted molar refractivity (Wildman–Crippen MR) is 55.5 cm³/mol. The highest BCUT2D eigenvalue weighted by Crippen LogP contribution is 2.14. The third kappa shape index (κ3) is 6.07. The lowest BCUT2D eigenvalue weighted by Crippen LogP contribution is -2.30. The van der Waals surface area contributed by atoms with E-state index >= 15 is 0 Å². The maximum Gasteiger partial charge on any atom is 0.422 e. The van der Waals surface area contributed by atoms with Gasteiger partial charge in [-0.1, -0.05) is 12.1 Å². The van der Waals surface area contributed by atoms with Gasteiger partial charge in [-0.2, -0.15) is 13.2 Å². The molecule has 0 saturated heterocycles. The van der Waals surface area contributed by atoms with Crippen LogP contribution in [-0.2, 0) is 11.2 Å². The van der Waals surface area contributed by atoms with Crippen LogP contribution in [0.4, 0.5) is 22.4 Å². The van der Waals surface area contributed by atoms with Crippen molar-refractivity contribution >= 4 is 6.09 Å². The molecule has 1 N–H and O–H groups in total. The fourth-order valence-electron chi connectivity index (χ4n) is 1.20. The van der Waals surface area contributed by atoms with Crippen molar-refractivity contribution in [3.05, 3.63) is 35.6 Å². The van der Waals surface area contributed by atoms with Crippen molar-refractivity contribution in [2.24, 2.45) is 0 Å². The van der Waals surface area contributed by atoms with Crippen LogP contribution in [-0.4, -0.2) is 25.4 Å². The molecule has 0 bridgehead atoms. The normalized spacial score (nSPS) is 11.1. The number of carbonyl (C=O) groups excluding carboxylic acids is 1. The number of alkyl carbamates (subject to hydrolysis) is 1. The number of benzene rings is 1. The molecule has 3 nitrogen and oxygen atoms in total. The van der Waals surface area contributed by atoms with E-state index < -0.39 is 24.7 Å². The number of hydrogen-bond donors (Lipinski definition) is 1. The van der Waals surface area contributed by atoms with Crippen LogP contribution in [0, 0.1) is 5.82 Å². The number of amides is 1. The molecule has 0 heterocycles. The zero-order chi connectivity index (χ0) is 13.6. The van der Waals surface area contributed by atoms with Gasteiger partial charge in [-0.15, -0.1) is 0 Å². The molecule has 0 fully saturated rings. The Bertz CT molecular complexity index is 406. The Balaban J connectivity index is 2.23. The van der Waals surface area contributed by atoms with E-state index in [4.69, 9.17) is 0 Å². The van der Waals surface area contributed by atoms with Gasteiger partial charge in [0.05, 0.1) is 0 Å².